The van der Waals surface area contributed by atoms with E-state index < -0.39 is 0 Å². The van der Waals surface area contributed by atoms with Crippen LogP contribution in [-0.2, 0) is 6.42 Å². The largest absolute Gasteiger partial charge is 0.440 e. The molecule has 0 fully saturated rings. The number of aromatic nitrogens is 1. The minimum atomic E-state index is 0.119. The third kappa shape index (κ3) is 2.28. The van der Waals surface area contributed by atoms with E-state index in [1.807, 2.05) is 0 Å². The Balaban J connectivity index is 1.94. The van der Waals surface area contributed by atoms with Gasteiger partial charge in [0, 0.05) is 25.6 Å². The highest BCUT2D eigenvalue weighted by Crippen LogP contribution is 2.21. The van der Waals surface area contributed by atoms with E-state index >= 15 is 0 Å². The number of fused-ring (bicyclic) bond motifs is 1. The van der Waals surface area contributed by atoms with Crippen LogP contribution in [0.5, 0.6) is 0 Å². The summed E-state index contributed by atoms with van der Waals surface area (Å²) >= 11 is 0. The number of hydrogen-bond acceptors (Lipinski definition) is 6. The monoisotopic (exact) mass is 211 g/mol. The fourth-order valence-electron chi connectivity index (χ4n) is 1.34. The third-order valence-electron chi connectivity index (χ3n) is 1.99. The lowest BCUT2D eigenvalue weighted by molar-refractivity contribution is 0.292. The molecule has 0 bridgehead atoms. The molecule has 2 rings (SSSR count). The Morgan fingerprint density at radius 1 is 1.40 bits per heavy atom. The number of nitrogens with two attached hydrogens (primary N) is 1. The molecule has 15 heavy (non-hydrogen) atoms. The number of rotatable bonds is 5. The number of oxazole rings is 1. The second kappa shape index (κ2) is 4.33. The maximum atomic E-state index is 8.55. The molecule has 4 N–H and O–H groups in total. The molecule has 0 atom stereocenters. The van der Waals surface area contributed by atoms with E-state index in [4.69, 9.17) is 19.7 Å². The molecule has 0 spiro atoms. The van der Waals surface area contributed by atoms with E-state index in [-0.39, 0.29) is 12.6 Å². The van der Waals surface area contributed by atoms with Gasteiger partial charge in [-0.2, -0.15) is 4.98 Å². The molecule has 0 amide bonds. The molecule has 0 aliphatic heterocycles. The van der Waals surface area contributed by atoms with Crippen molar-refractivity contribution in [2.45, 2.75) is 6.42 Å². The summed E-state index contributed by atoms with van der Waals surface area (Å²) < 4.78 is 10.5. The quantitative estimate of drug-likeness (QED) is 0.608. The molecular weight excluding hydrogens is 198 g/mol. The Morgan fingerprint density at radius 2 is 2.27 bits per heavy atom. The van der Waals surface area contributed by atoms with Crippen LogP contribution in [0.4, 0.5) is 6.01 Å². The van der Waals surface area contributed by atoms with E-state index in [0.29, 0.717) is 17.8 Å². The zero-order valence-electron chi connectivity index (χ0n) is 8.19. The van der Waals surface area contributed by atoms with Crippen LogP contribution in [0.25, 0.3) is 11.3 Å². The fourth-order valence-corrected chi connectivity index (χ4v) is 1.34. The van der Waals surface area contributed by atoms with Gasteiger partial charge in [-0.15, -0.1) is 0 Å². The zero-order chi connectivity index (χ0) is 10.7. The van der Waals surface area contributed by atoms with Crippen LogP contribution in [0, 0.1) is 0 Å². The van der Waals surface area contributed by atoms with Gasteiger partial charge in [0.25, 0.3) is 11.7 Å². The van der Waals surface area contributed by atoms with Gasteiger partial charge in [0.05, 0.1) is 6.61 Å². The number of nitrogens with zero attached hydrogens (tertiary/aromatic N) is 1. The standard InChI is InChI=1S/C9H13N3O3/c10-9-12-8-7(15-9)5-6(14-8)1-2-11-3-4-13/h5,11,13H,1-4H2,(H2,10,12). The lowest BCUT2D eigenvalue weighted by atomic mass is 10.3. The summed E-state index contributed by atoms with van der Waals surface area (Å²) in [6, 6.07) is 1.90. The van der Waals surface area contributed by atoms with Crippen molar-refractivity contribution in [3.8, 4) is 0 Å². The van der Waals surface area contributed by atoms with Gasteiger partial charge in [-0.05, 0) is 0 Å². The Morgan fingerprint density at radius 3 is 3.00 bits per heavy atom. The normalized spacial score (nSPS) is 11.3. The highest BCUT2D eigenvalue weighted by Gasteiger charge is 2.09. The molecule has 6 heteroatoms. The maximum Gasteiger partial charge on any atom is 0.295 e. The van der Waals surface area contributed by atoms with Crippen LogP contribution in [0.3, 0.4) is 0 Å². The Bertz CT molecular complexity index is 403. The Hall–Kier alpha value is -1.53. The minimum absolute atomic E-state index is 0.119. The number of hydrogen-bond donors (Lipinski definition) is 3. The smallest absolute Gasteiger partial charge is 0.295 e. The summed E-state index contributed by atoms with van der Waals surface area (Å²) in [5, 5.41) is 11.6. The summed E-state index contributed by atoms with van der Waals surface area (Å²) in [6.45, 7) is 1.47. The van der Waals surface area contributed by atoms with Gasteiger partial charge < -0.3 is 25.0 Å². The second-order valence-corrected chi connectivity index (χ2v) is 3.16. The predicted octanol–water partition coefficient (Wildman–Crippen LogP) is 0.127. The Kier molecular flexibility index (Phi) is 2.89. The van der Waals surface area contributed by atoms with E-state index in [9.17, 15) is 0 Å². The number of nitrogens with one attached hydrogen (secondary N) is 1. The summed E-state index contributed by atoms with van der Waals surface area (Å²) in [7, 11) is 0. The summed E-state index contributed by atoms with van der Waals surface area (Å²) in [5.41, 5.74) is 6.36. The molecule has 2 aromatic heterocycles. The molecule has 0 radical (unpaired) electrons. The lowest BCUT2D eigenvalue weighted by Crippen LogP contribution is -2.20. The molecule has 0 saturated heterocycles. The Labute approximate surface area is 86.1 Å². The van der Waals surface area contributed by atoms with Gasteiger partial charge in [-0.3, -0.25) is 0 Å². The minimum Gasteiger partial charge on any atom is -0.440 e. The highest BCUT2D eigenvalue weighted by molar-refractivity contribution is 5.68. The SMILES string of the molecule is Nc1nc2oc(CCNCCO)cc2o1. The lowest BCUT2D eigenvalue weighted by Gasteiger charge is -1.98. The van der Waals surface area contributed by atoms with E-state index in [1.54, 1.807) is 6.07 Å². The summed E-state index contributed by atoms with van der Waals surface area (Å²) in [4.78, 5) is 3.86. The summed E-state index contributed by atoms with van der Waals surface area (Å²) in [5.74, 6) is 0.793. The molecule has 2 heterocycles. The number of aliphatic hydroxyl groups excluding tert-OH is 1. The average molecular weight is 211 g/mol. The first-order chi connectivity index (χ1) is 7.29. The van der Waals surface area contributed by atoms with Gasteiger partial charge in [0.15, 0.2) is 5.58 Å². The third-order valence-corrected chi connectivity index (χ3v) is 1.99. The van der Waals surface area contributed by atoms with Gasteiger partial charge >= 0.3 is 0 Å². The van der Waals surface area contributed by atoms with E-state index in [0.717, 1.165) is 18.7 Å². The first-order valence-electron chi connectivity index (χ1n) is 4.76. The van der Waals surface area contributed by atoms with Crippen molar-refractivity contribution in [2.75, 3.05) is 25.4 Å². The van der Waals surface area contributed by atoms with Crippen molar-refractivity contribution in [1.29, 1.82) is 0 Å². The van der Waals surface area contributed by atoms with Crippen LogP contribution in [0.15, 0.2) is 14.9 Å². The second-order valence-electron chi connectivity index (χ2n) is 3.16. The van der Waals surface area contributed by atoms with Gasteiger partial charge in [0.1, 0.15) is 5.76 Å². The van der Waals surface area contributed by atoms with Crippen molar-refractivity contribution in [2.24, 2.45) is 0 Å². The molecule has 0 aliphatic carbocycles. The van der Waals surface area contributed by atoms with Crippen molar-refractivity contribution >= 4 is 17.3 Å². The van der Waals surface area contributed by atoms with E-state index in [1.165, 1.54) is 0 Å². The highest BCUT2D eigenvalue weighted by atomic mass is 16.4. The topological polar surface area (TPSA) is 97.5 Å². The fraction of sp³-hybridized carbons (Fsp3) is 0.444. The van der Waals surface area contributed by atoms with Crippen LogP contribution in [-0.4, -0.2) is 29.8 Å². The van der Waals surface area contributed by atoms with Crippen molar-refractivity contribution < 1.29 is 13.9 Å². The zero-order valence-corrected chi connectivity index (χ0v) is 8.19. The van der Waals surface area contributed by atoms with Crippen LogP contribution >= 0.6 is 0 Å². The van der Waals surface area contributed by atoms with Crippen molar-refractivity contribution in [3.05, 3.63) is 11.8 Å². The summed E-state index contributed by atoms with van der Waals surface area (Å²) in [6.07, 6.45) is 0.728. The molecular formula is C9H13N3O3. The number of furan rings is 1. The van der Waals surface area contributed by atoms with Crippen molar-refractivity contribution in [1.82, 2.24) is 10.3 Å². The number of aliphatic hydroxyl groups is 1. The molecule has 0 aromatic carbocycles. The van der Waals surface area contributed by atoms with Crippen LogP contribution < -0.4 is 11.1 Å². The molecule has 6 nitrogen and oxygen atoms in total. The molecule has 0 unspecified atom stereocenters. The molecule has 2 aromatic rings. The van der Waals surface area contributed by atoms with Crippen LogP contribution in [0.1, 0.15) is 5.76 Å². The molecule has 82 valence electrons. The number of anilines is 1. The average Bonchev–Trinajstić information content (AvgIpc) is 2.69. The molecule has 0 saturated carbocycles. The van der Waals surface area contributed by atoms with Crippen molar-refractivity contribution in [3.63, 3.8) is 0 Å². The first kappa shape index (κ1) is 10.0. The van der Waals surface area contributed by atoms with Gasteiger partial charge in [-0.1, -0.05) is 0 Å². The maximum absolute atomic E-state index is 8.55. The number of nitrogen functional groups attached to an aromatic ring is 1. The first-order valence-corrected chi connectivity index (χ1v) is 4.76. The predicted molar refractivity (Wildman–Crippen MR) is 54.3 cm³/mol. The van der Waals surface area contributed by atoms with Crippen LogP contribution in [0.2, 0.25) is 0 Å². The van der Waals surface area contributed by atoms with Gasteiger partial charge in [-0.25, -0.2) is 0 Å². The molecule has 0 aliphatic rings. The van der Waals surface area contributed by atoms with E-state index in [2.05, 4.69) is 10.3 Å². The van der Waals surface area contributed by atoms with Gasteiger partial charge in [0.2, 0.25) is 0 Å².